The van der Waals surface area contributed by atoms with E-state index < -0.39 is 17.0 Å². The van der Waals surface area contributed by atoms with Crippen LogP contribution >= 0.6 is 0 Å². The van der Waals surface area contributed by atoms with Gasteiger partial charge in [-0.2, -0.15) is 0 Å². The highest BCUT2D eigenvalue weighted by molar-refractivity contribution is 7.79. The van der Waals surface area contributed by atoms with Gasteiger partial charge in [0, 0.05) is 17.3 Å². The number of carbonyl (C=O) groups excluding carboxylic acids is 1. The van der Waals surface area contributed by atoms with Gasteiger partial charge in [-0.05, 0) is 24.3 Å². The lowest BCUT2D eigenvalue weighted by molar-refractivity contribution is 0.0594. The van der Waals surface area contributed by atoms with E-state index in [1.165, 1.54) is 19.4 Å². The van der Waals surface area contributed by atoms with Crippen LogP contribution in [-0.2, 0) is 15.8 Å². The van der Waals surface area contributed by atoms with Crippen LogP contribution in [-0.4, -0.2) is 26.8 Å². The molecular formula is C15H11NO4S. The van der Waals surface area contributed by atoms with Crippen molar-refractivity contribution >= 4 is 17.0 Å². The first-order chi connectivity index (χ1) is 10.1. The molecule has 0 saturated carbocycles. The molecule has 21 heavy (non-hydrogen) atoms. The monoisotopic (exact) mass is 301 g/mol. The predicted molar refractivity (Wildman–Crippen MR) is 77.0 cm³/mol. The molecule has 0 amide bonds. The Hall–Kier alpha value is -2.49. The number of aromatic nitrogens is 1. The van der Waals surface area contributed by atoms with E-state index in [1.54, 1.807) is 30.3 Å². The highest BCUT2D eigenvalue weighted by atomic mass is 32.2. The fourth-order valence-electron chi connectivity index (χ4n) is 1.55. The lowest BCUT2D eigenvalue weighted by Gasteiger charge is -1.98. The van der Waals surface area contributed by atoms with Crippen molar-refractivity contribution in [3.8, 4) is 11.8 Å². The summed E-state index contributed by atoms with van der Waals surface area (Å²) < 4.78 is 24.9. The lowest BCUT2D eigenvalue weighted by Crippen LogP contribution is -2.03. The van der Waals surface area contributed by atoms with Gasteiger partial charge in [0.2, 0.25) is 0 Å². The molecule has 1 N–H and O–H groups in total. The highest BCUT2D eigenvalue weighted by Crippen LogP contribution is 2.11. The molecule has 0 aliphatic rings. The maximum absolute atomic E-state index is 11.2. The Balaban J connectivity index is 2.28. The molecule has 5 nitrogen and oxygen atoms in total. The van der Waals surface area contributed by atoms with Crippen LogP contribution in [0.5, 0.6) is 0 Å². The number of rotatable bonds is 2. The standard InChI is InChI=1S/C15H11NO4S/c1-20-15(17)13-9-7-11(10-16-13)6-8-12-4-2-3-5-14(12)21(18)19/h2-5,7,9-10H,1H3,(H,18,19). The van der Waals surface area contributed by atoms with Gasteiger partial charge in [0.05, 0.1) is 12.0 Å². The topological polar surface area (TPSA) is 76.5 Å². The number of methoxy groups -OCH3 is 1. The zero-order valence-corrected chi connectivity index (χ0v) is 11.9. The SMILES string of the molecule is COC(=O)c1ccc(C#Cc2ccccc2S(=O)O)cn1. The Kier molecular flexibility index (Phi) is 4.82. The van der Waals surface area contributed by atoms with Crippen LogP contribution in [0.1, 0.15) is 21.6 Å². The van der Waals surface area contributed by atoms with E-state index >= 15 is 0 Å². The smallest absolute Gasteiger partial charge is 0.356 e. The molecule has 1 atom stereocenters. The van der Waals surface area contributed by atoms with Gasteiger partial charge in [0.15, 0.2) is 11.1 Å². The Bertz CT molecular complexity index is 744. The van der Waals surface area contributed by atoms with E-state index in [0.717, 1.165) is 0 Å². The molecule has 0 aliphatic carbocycles. The summed E-state index contributed by atoms with van der Waals surface area (Å²) in [5.41, 5.74) is 1.25. The summed E-state index contributed by atoms with van der Waals surface area (Å²) in [5, 5.41) is 0. The van der Waals surface area contributed by atoms with E-state index in [0.29, 0.717) is 11.1 Å². The average molecular weight is 301 g/mol. The van der Waals surface area contributed by atoms with Crippen molar-refractivity contribution in [3.63, 3.8) is 0 Å². The molecule has 0 radical (unpaired) electrons. The average Bonchev–Trinajstić information content (AvgIpc) is 2.52. The van der Waals surface area contributed by atoms with Crippen LogP contribution in [0.25, 0.3) is 0 Å². The molecule has 0 saturated heterocycles. The molecule has 1 heterocycles. The summed E-state index contributed by atoms with van der Waals surface area (Å²) in [5.74, 6) is 5.13. The second-order valence-corrected chi connectivity index (χ2v) is 4.86. The Morgan fingerprint density at radius 2 is 2.00 bits per heavy atom. The van der Waals surface area contributed by atoms with E-state index in [-0.39, 0.29) is 10.6 Å². The van der Waals surface area contributed by atoms with Gasteiger partial charge in [0.25, 0.3) is 0 Å². The maximum atomic E-state index is 11.2. The van der Waals surface area contributed by atoms with Gasteiger partial charge in [-0.1, -0.05) is 24.0 Å². The van der Waals surface area contributed by atoms with Crippen LogP contribution < -0.4 is 0 Å². The zero-order chi connectivity index (χ0) is 15.2. The molecule has 2 rings (SSSR count). The molecule has 0 spiro atoms. The summed E-state index contributed by atoms with van der Waals surface area (Å²) >= 11 is -2.09. The second kappa shape index (κ2) is 6.79. The van der Waals surface area contributed by atoms with E-state index in [4.69, 9.17) is 4.55 Å². The van der Waals surface area contributed by atoms with Gasteiger partial charge >= 0.3 is 5.97 Å². The van der Waals surface area contributed by atoms with Crippen LogP contribution in [0.2, 0.25) is 0 Å². The molecule has 0 aliphatic heterocycles. The Morgan fingerprint density at radius 3 is 2.62 bits per heavy atom. The van der Waals surface area contributed by atoms with Gasteiger partial charge in [-0.3, -0.25) is 0 Å². The lowest BCUT2D eigenvalue weighted by atomic mass is 10.2. The molecule has 0 bridgehead atoms. The number of benzene rings is 1. The normalized spacial score (nSPS) is 11.1. The molecule has 6 heteroatoms. The number of pyridine rings is 1. The maximum Gasteiger partial charge on any atom is 0.356 e. The molecule has 1 aromatic carbocycles. The Morgan fingerprint density at radius 1 is 1.24 bits per heavy atom. The molecule has 1 aromatic heterocycles. The summed E-state index contributed by atoms with van der Waals surface area (Å²) in [6, 6.07) is 9.74. The third-order valence-electron chi connectivity index (χ3n) is 2.57. The minimum absolute atomic E-state index is 0.194. The minimum Gasteiger partial charge on any atom is -0.464 e. The summed E-state index contributed by atoms with van der Waals surface area (Å²) in [4.78, 5) is 15.4. The first-order valence-corrected chi connectivity index (χ1v) is 6.99. The van der Waals surface area contributed by atoms with Gasteiger partial charge in [0.1, 0.15) is 5.69 Å². The predicted octanol–water partition coefficient (Wildman–Crippen LogP) is 1.85. The summed E-state index contributed by atoms with van der Waals surface area (Å²) in [6.45, 7) is 0. The number of nitrogens with zero attached hydrogens (tertiary/aromatic N) is 1. The van der Waals surface area contributed by atoms with Crippen molar-refractivity contribution in [1.82, 2.24) is 4.98 Å². The molecule has 2 aromatic rings. The fourth-order valence-corrected chi connectivity index (χ4v) is 2.06. The number of esters is 1. The van der Waals surface area contributed by atoms with Crippen LogP contribution in [0, 0.1) is 11.8 Å². The first kappa shape index (κ1) is 14.9. The molecule has 1 unspecified atom stereocenters. The molecular weight excluding hydrogens is 290 g/mol. The van der Waals surface area contributed by atoms with Crippen molar-refractivity contribution in [2.75, 3.05) is 7.11 Å². The van der Waals surface area contributed by atoms with Gasteiger partial charge in [-0.25, -0.2) is 14.0 Å². The van der Waals surface area contributed by atoms with Crippen LogP contribution in [0.4, 0.5) is 0 Å². The highest BCUT2D eigenvalue weighted by Gasteiger charge is 2.06. The summed E-state index contributed by atoms with van der Waals surface area (Å²) in [6.07, 6.45) is 1.44. The third kappa shape index (κ3) is 3.75. The first-order valence-electron chi connectivity index (χ1n) is 5.88. The Labute approximate surface area is 124 Å². The van der Waals surface area contributed by atoms with Crippen molar-refractivity contribution < 1.29 is 18.3 Å². The summed E-state index contributed by atoms with van der Waals surface area (Å²) in [7, 11) is 1.28. The van der Waals surface area contributed by atoms with E-state index in [2.05, 4.69) is 21.6 Å². The van der Waals surface area contributed by atoms with Crippen molar-refractivity contribution in [1.29, 1.82) is 0 Å². The van der Waals surface area contributed by atoms with E-state index in [1.807, 2.05) is 0 Å². The van der Waals surface area contributed by atoms with E-state index in [9.17, 15) is 9.00 Å². The van der Waals surface area contributed by atoms with Crippen LogP contribution in [0.15, 0.2) is 47.5 Å². The van der Waals surface area contributed by atoms with Crippen molar-refractivity contribution in [3.05, 3.63) is 59.4 Å². The van der Waals surface area contributed by atoms with Crippen molar-refractivity contribution in [2.45, 2.75) is 4.90 Å². The zero-order valence-electron chi connectivity index (χ0n) is 11.1. The third-order valence-corrected chi connectivity index (χ3v) is 3.31. The largest absolute Gasteiger partial charge is 0.464 e. The van der Waals surface area contributed by atoms with Gasteiger partial charge in [-0.15, -0.1) is 0 Å². The minimum atomic E-state index is -2.09. The van der Waals surface area contributed by atoms with Crippen molar-refractivity contribution in [2.24, 2.45) is 0 Å². The van der Waals surface area contributed by atoms with Crippen LogP contribution in [0.3, 0.4) is 0 Å². The number of hydrogen-bond donors (Lipinski definition) is 1. The van der Waals surface area contributed by atoms with Gasteiger partial charge < -0.3 is 9.29 Å². The molecule has 0 fully saturated rings. The fraction of sp³-hybridized carbons (Fsp3) is 0.0667. The molecule has 106 valence electrons. The quantitative estimate of drug-likeness (QED) is 0.520. The number of hydrogen-bond acceptors (Lipinski definition) is 4. The number of carbonyl (C=O) groups is 1. The second-order valence-electron chi connectivity index (χ2n) is 3.92. The number of ether oxygens (including phenoxy) is 1.